The summed E-state index contributed by atoms with van der Waals surface area (Å²) in [6, 6.07) is 19.7. The molecule has 6 nitrogen and oxygen atoms in total. The van der Waals surface area contributed by atoms with Gasteiger partial charge in [0.1, 0.15) is 23.0 Å². The molecule has 0 fully saturated rings. The number of hydrogen-bond acceptors (Lipinski definition) is 6. The first-order valence-electron chi connectivity index (χ1n) is 9.57. The Morgan fingerprint density at radius 1 is 0.839 bits per heavy atom. The molecular weight excluding hydrogens is 396 g/mol. The predicted octanol–water partition coefficient (Wildman–Crippen LogP) is 4.70. The van der Waals surface area contributed by atoms with Gasteiger partial charge in [0.05, 0.1) is 33.5 Å². The molecule has 3 aromatic rings. The predicted molar refractivity (Wildman–Crippen MR) is 118 cm³/mol. The van der Waals surface area contributed by atoms with Crippen molar-refractivity contribution < 1.29 is 28.8 Å². The zero-order valence-electron chi connectivity index (χ0n) is 17.6. The van der Waals surface area contributed by atoms with Gasteiger partial charge < -0.3 is 24.1 Å². The summed E-state index contributed by atoms with van der Waals surface area (Å²) in [5.41, 5.74) is 2.52. The van der Waals surface area contributed by atoms with Crippen LogP contribution in [0, 0.1) is 0 Å². The van der Waals surface area contributed by atoms with E-state index in [9.17, 15) is 9.90 Å². The van der Waals surface area contributed by atoms with Crippen molar-refractivity contribution in [3.8, 4) is 23.0 Å². The highest BCUT2D eigenvalue weighted by Crippen LogP contribution is 2.29. The van der Waals surface area contributed by atoms with Crippen LogP contribution in [0.5, 0.6) is 23.0 Å². The number of carbonyl (C=O) groups excluding carboxylic acids is 1. The van der Waals surface area contributed by atoms with Crippen molar-refractivity contribution in [2.45, 2.75) is 6.61 Å². The molecule has 0 spiro atoms. The minimum Gasteiger partial charge on any atom is -0.497 e. The Labute approximate surface area is 181 Å². The number of aliphatic hydroxyl groups excluding tert-OH is 1. The number of ether oxygens (including phenoxy) is 4. The smallest absolute Gasteiger partial charge is 0.338 e. The normalized spacial score (nSPS) is 11.0. The molecule has 0 heterocycles. The van der Waals surface area contributed by atoms with Gasteiger partial charge in [-0.1, -0.05) is 24.3 Å². The lowest BCUT2D eigenvalue weighted by Crippen LogP contribution is -2.04. The standard InChI is InChI=1S/C25H24O6/c1-28-22-11-18(12-23(15-22)29-2)13-24(25(27)30-3)19-5-4-6-21(14-19)31-20-9-7-17(16-26)8-10-20/h4-15,26H,16H2,1-3H3/b24-13+. The molecule has 160 valence electrons. The number of hydrogen-bond donors (Lipinski definition) is 1. The van der Waals surface area contributed by atoms with E-state index in [1.54, 1.807) is 81.0 Å². The van der Waals surface area contributed by atoms with Gasteiger partial charge in [-0.3, -0.25) is 0 Å². The zero-order valence-corrected chi connectivity index (χ0v) is 17.6. The van der Waals surface area contributed by atoms with E-state index < -0.39 is 5.97 Å². The SMILES string of the molecule is COC(=O)/C(=C/c1cc(OC)cc(OC)c1)c1cccc(Oc2ccc(CO)cc2)c1. The second-order valence-electron chi connectivity index (χ2n) is 6.63. The van der Waals surface area contributed by atoms with Crippen molar-refractivity contribution in [2.75, 3.05) is 21.3 Å². The number of esters is 1. The van der Waals surface area contributed by atoms with Crippen LogP contribution in [0.15, 0.2) is 66.7 Å². The van der Waals surface area contributed by atoms with E-state index in [1.165, 1.54) is 7.11 Å². The van der Waals surface area contributed by atoms with Crippen LogP contribution in [0.1, 0.15) is 16.7 Å². The van der Waals surface area contributed by atoms with E-state index in [4.69, 9.17) is 18.9 Å². The Kier molecular flexibility index (Phi) is 7.30. The first-order valence-corrected chi connectivity index (χ1v) is 9.57. The van der Waals surface area contributed by atoms with Crippen LogP contribution in [0.4, 0.5) is 0 Å². The molecule has 0 saturated carbocycles. The zero-order chi connectivity index (χ0) is 22.2. The van der Waals surface area contributed by atoms with Crippen molar-refractivity contribution in [3.05, 3.63) is 83.4 Å². The van der Waals surface area contributed by atoms with E-state index in [2.05, 4.69) is 0 Å². The quantitative estimate of drug-likeness (QED) is 0.323. The molecule has 6 heteroatoms. The van der Waals surface area contributed by atoms with E-state index in [1.807, 2.05) is 6.07 Å². The molecule has 0 amide bonds. The monoisotopic (exact) mass is 420 g/mol. The molecule has 0 unspecified atom stereocenters. The first kappa shape index (κ1) is 21.9. The van der Waals surface area contributed by atoms with Crippen molar-refractivity contribution in [1.29, 1.82) is 0 Å². The molecule has 31 heavy (non-hydrogen) atoms. The number of aliphatic hydroxyl groups is 1. The fraction of sp³-hybridized carbons (Fsp3) is 0.160. The highest BCUT2D eigenvalue weighted by Gasteiger charge is 2.14. The molecule has 0 saturated heterocycles. The summed E-state index contributed by atoms with van der Waals surface area (Å²) in [5, 5.41) is 9.17. The third kappa shape index (κ3) is 5.65. The van der Waals surface area contributed by atoms with E-state index in [-0.39, 0.29) is 6.61 Å². The molecule has 0 aromatic heterocycles. The lowest BCUT2D eigenvalue weighted by atomic mass is 10.0. The first-order chi connectivity index (χ1) is 15.1. The molecule has 3 aromatic carbocycles. The summed E-state index contributed by atoms with van der Waals surface area (Å²) in [6.45, 7) is -0.0297. The summed E-state index contributed by atoms with van der Waals surface area (Å²) in [6.07, 6.45) is 1.71. The number of benzene rings is 3. The third-order valence-corrected chi connectivity index (χ3v) is 4.58. The Hall–Kier alpha value is -3.77. The van der Waals surface area contributed by atoms with Crippen LogP contribution >= 0.6 is 0 Å². The van der Waals surface area contributed by atoms with Gasteiger partial charge in [0, 0.05) is 6.07 Å². The molecule has 0 radical (unpaired) electrons. The van der Waals surface area contributed by atoms with Gasteiger partial charge in [-0.2, -0.15) is 0 Å². The van der Waals surface area contributed by atoms with E-state index >= 15 is 0 Å². The van der Waals surface area contributed by atoms with E-state index in [0.717, 1.165) is 11.1 Å². The second kappa shape index (κ2) is 10.3. The average molecular weight is 420 g/mol. The molecule has 0 aliphatic carbocycles. The van der Waals surface area contributed by atoms with Gasteiger partial charge in [-0.05, 0) is 59.2 Å². The third-order valence-electron chi connectivity index (χ3n) is 4.58. The van der Waals surface area contributed by atoms with Crippen molar-refractivity contribution in [2.24, 2.45) is 0 Å². The molecule has 0 aliphatic rings. The van der Waals surface area contributed by atoms with Crippen molar-refractivity contribution in [1.82, 2.24) is 0 Å². The molecule has 0 aliphatic heterocycles. The number of carbonyl (C=O) groups is 1. The largest absolute Gasteiger partial charge is 0.497 e. The minimum absolute atomic E-state index is 0.0297. The van der Waals surface area contributed by atoms with Crippen molar-refractivity contribution in [3.63, 3.8) is 0 Å². The number of methoxy groups -OCH3 is 3. The molecule has 1 N–H and O–H groups in total. The maximum atomic E-state index is 12.5. The maximum Gasteiger partial charge on any atom is 0.338 e. The Bertz CT molecular complexity index is 1050. The summed E-state index contributed by atoms with van der Waals surface area (Å²) in [5.74, 6) is 1.92. The van der Waals surface area contributed by atoms with Crippen LogP contribution < -0.4 is 14.2 Å². The van der Waals surface area contributed by atoms with Gasteiger partial charge in [-0.15, -0.1) is 0 Å². The van der Waals surface area contributed by atoms with Gasteiger partial charge in [0.25, 0.3) is 0 Å². The number of rotatable bonds is 8. The fourth-order valence-corrected chi connectivity index (χ4v) is 2.98. The minimum atomic E-state index is -0.480. The van der Waals surface area contributed by atoms with Crippen LogP contribution in [0.3, 0.4) is 0 Å². The molecule has 0 bridgehead atoms. The lowest BCUT2D eigenvalue weighted by molar-refractivity contribution is -0.133. The topological polar surface area (TPSA) is 74.2 Å². The van der Waals surface area contributed by atoms with Gasteiger partial charge in [0.15, 0.2) is 0 Å². The molecular formula is C25H24O6. The average Bonchev–Trinajstić information content (AvgIpc) is 2.82. The summed E-state index contributed by atoms with van der Waals surface area (Å²) in [7, 11) is 4.47. The summed E-state index contributed by atoms with van der Waals surface area (Å²) in [4.78, 5) is 12.5. The summed E-state index contributed by atoms with van der Waals surface area (Å²) < 4.78 is 21.5. The second-order valence-corrected chi connectivity index (χ2v) is 6.63. The van der Waals surface area contributed by atoms with Crippen LogP contribution in [0.2, 0.25) is 0 Å². The molecule has 0 atom stereocenters. The molecule has 3 rings (SSSR count). The summed E-state index contributed by atoms with van der Waals surface area (Å²) >= 11 is 0. The van der Waals surface area contributed by atoms with Gasteiger partial charge in [0.2, 0.25) is 0 Å². The van der Waals surface area contributed by atoms with E-state index in [0.29, 0.717) is 34.1 Å². The highest BCUT2D eigenvalue weighted by molar-refractivity contribution is 6.21. The highest BCUT2D eigenvalue weighted by atomic mass is 16.5. The van der Waals surface area contributed by atoms with Gasteiger partial charge >= 0.3 is 5.97 Å². The van der Waals surface area contributed by atoms with Gasteiger partial charge in [-0.25, -0.2) is 4.79 Å². The Morgan fingerprint density at radius 2 is 1.52 bits per heavy atom. The van der Waals surface area contributed by atoms with Crippen LogP contribution in [-0.4, -0.2) is 32.4 Å². The maximum absolute atomic E-state index is 12.5. The van der Waals surface area contributed by atoms with Crippen LogP contribution in [0.25, 0.3) is 11.6 Å². The fourth-order valence-electron chi connectivity index (χ4n) is 2.98. The van der Waals surface area contributed by atoms with Crippen molar-refractivity contribution >= 4 is 17.6 Å². The van der Waals surface area contributed by atoms with Crippen LogP contribution in [-0.2, 0) is 16.1 Å². The lowest BCUT2D eigenvalue weighted by Gasteiger charge is -2.11. The Morgan fingerprint density at radius 3 is 2.10 bits per heavy atom. The Balaban J connectivity index is 1.97.